The SMILES string of the molecule is COc1cc(-c2ccccc2)sc1C(=O)NCc1cccc(NC(=O)CCN2CCOCC2)c1. The number of methoxy groups -OCH3 is 1. The maximum absolute atomic E-state index is 12.9. The van der Waals surface area contributed by atoms with Gasteiger partial charge in [0, 0.05) is 43.2 Å². The summed E-state index contributed by atoms with van der Waals surface area (Å²) in [5.41, 5.74) is 2.67. The van der Waals surface area contributed by atoms with Gasteiger partial charge in [-0.2, -0.15) is 0 Å². The van der Waals surface area contributed by atoms with E-state index in [2.05, 4.69) is 15.5 Å². The fraction of sp³-hybridized carbons (Fsp3) is 0.308. The molecule has 1 fully saturated rings. The Labute approximate surface area is 203 Å². The molecule has 2 heterocycles. The fourth-order valence-corrected chi connectivity index (χ4v) is 4.81. The number of morpholine rings is 1. The van der Waals surface area contributed by atoms with Crippen molar-refractivity contribution in [1.29, 1.82) is 0 Å². The molecule has 34 heavy (non-hydrogen) atoms. The summed E-state index contributed by atoms with van der Waals surface area (Å²) < 4.78 is 10.8. The van der Waals surface area contributed by atoms with Gasteiger partial charge >= 0.3 is 0 Å². The first kappa shape index (κ1) is 23.9. The second-order valence-electron chi connectivity index (χ2n) is 8.01. The lowest BCUT2D eigenvalue weighted by molar-refractivity contribution is -0.116. The van der Waals surface area contributed by atoms with Gasteiger partial charge in [-0.1, -0.05) is 42.5 Å². The van der Waals surface area contributed by atoms with E-state index in [1.807, 2.05) is 60.7 Å². The number of amides is 2. The molecule has 2 amide bonds. The van der Waals surface area contributed by atoms with Gasteiger partial charge in [0.1, 0.15) is 10.6 Å². The number of thiophene rings is 1. The molecule has 0 saturated carbocycles. The lowest BCUT2D eigenvalue weighted by Gasteiger charge is -2.26. The zero-order valence-electron chi connectivity index (χ0n) is 19.2. The van der Waals surface area contributed by atoms with E-state index in [9.17, 15) is 9.59 Å². The number of hydrogen-bond donors (Lipinski definition) is 2. The maximum atomic E-state index is 12.9. The number of ether oxygens (including phenoxy) is 2. The van der Waals surface area contributed by atoms with Crippen LogP contribution in [0.4, 0.5) is 5.69 Å². The summed E-state index contributed by atoms with van der Waals surface area (Å²) in [7, 11) is 1.57. The summed E-state index contributed by atoms with van der Waals surface area (Å²) in [6, 6.07) is 19.3. The molecule has 2 aromatic carbocycles. The van der Waals surface area contributed by atoms with E-state index in [0.717, 1.165) is 54.5 Å². The highest BCUT2D eigenvalue weighted by Crippen LogP contribution is 2.36. The molecule has 1 saturated heterocycles. The van der Waals surface area contributed by atoms with E-state index in [-0.39, 0.29) is 11.8 Å². The number of nitrogens with one attached hydrogen (secondary N) is 2. The molecule has 0 bridgehead atoms. The normalized spacial score (nSPS) is 13.9. The van der Waals surface area contributed by atoms with Gasteiger partial charge in [-0.25, -0.2) is 0 Å². The molecule has 0 spiro atoms. The van der Waals surface area contributed by atoms with Crippen LogP contribution in [0.3, 0.4) is 0 Å². The topological polar surface area (TPSA) is 79.9 Å². The van der Waals surface area contributed by atoms with Gasteiger partial charge in [0.2, 0.25) is 5.91 Å². The highest BCUT2D eigenvalue weighted by atomic mass is 32.1. The van der Waals surface area contributed by atoms with Crippen molar-refractivity contribution < 1.29 is 19.1 Å². The molecule has 1 aliphatic rings. The van der Waals surface area contributed by atoms with Crippen LogP contribution in [-0.2, 0) is 16.1 Å². The van der Waals surface area contributed by atoms with Gasteiger partial charge in [0.05, 0.1) is 20.3 Å². The van der Waals surface area contributed by atoms with Crippen molar-refractivity contribution in [3.63, 3.8) is 0 Å². The second kappa shape index (κ2) is 11.8. The van der Waals surface area contributed by atoms with Gasteiger partial charge < -0.3 is 20.1 Å². The minimum absolute atomic E-state index is 0.0237. The van der Waals surface area contributed by atoms with Crippen LogP contribution < -0.4 is 15.4 Å². The number of carbonyl (C=O) groups excluding carboxylic acids is 2. The smallest absolute Gasteiger partial charge is 0.265 e. The first-order valence-electron chi connectivity index (χ1n) is 11.3. The third-order valence-corrected chi connectivity index (χ3v) is 6.77. The summed E-state index contributed by atoms with van der Waals surface area (Å²) >= 11 is 1.40. The molecule has 4 rings (SSSR count). The van der Waals surface area contributed by atoms with Crippen molar-refractivity contribution in [1.82, 2.24) is 10.2 Å². The quantitative estimate of drug-likeness (QED) is 0.485. The molecule has 7 nitrogen and oxygen atoms in total. The monoisotopic (exact) mass is 479 g/mol. The Morgan fingerprint density at radius 1 is 1.06 bits per heavy atom. The minimum atomic E-state index is -0.191. The molecule has 0 unspecified atom stereocenters. The molecular weight excluding hydrogens is 450 g/mol. The van der Waals surface area contributed by atoms with Gasteiger partial charge in [-0.3, -0.25) is 14.5 Å². The molecule has 0 atom stereocenters. The Hall–Kier alpha value is -3.20. The van der Waals surface area contributed by atoms with Gasteiger partial charge in [0.15, 0.2) is 0 Å². The van der Waals surface area contributed by atoms with Gasteiger partial charge in [-0.15, -0.1) is 11.3 Å². The van der Waals surface area contributed by atoms with Crippen molar-refractivity contribution in [2.75, 3.05) is 45.3 Å². The molecule has 0 radical (unpaired) electrons. The minimum Gasteiger partial charge on any atom is -0.495 e. The van der Waals surface area contributed by atoms with E-state index in [1.54, 1.807) is 7.11 Å². The number of carbonyl (C=O) groups is 2. The number of anilines is 1. The van der Waals surface area contributed by atoms with Crippen LogP contribution in [0.2, 0.25) is 0 Å². The van der Waals surface area contributed by atoms with Crippen molar-refractivity contribution in [3.05, 3.63) is 71.1 Å². The zero-order chi connectivity index (χ0) is 23.8. The molecule has 1 aliphatic heterocycles. The largest absolute Gasteiger partial charge is 0.495 e. The van der Waals surface area contributed by atoms with Crippen LogP contribution in [-0.4, -0.2) is 56.7 Å². The number of nitrogens with zero attached hydrogens (tertiary/aromatic N) is 1. The number of benzene rings is 2. The third-order valence-electron chi connectivity index (χ3n) is 5.61. The van der Waals surface area contributed by atoms with Crippen molar-refractivity contribution in [2.24, 2.45) is 0 Å². The average Bonchev–Trinajstić information content (AvgIpc) is 3.32. The van der Waals surface area contributed by atoms with Crippen LogP contribution in [0.25, 0.3) is 10.4 Å². The maximum Gasteiger partial charge on any atom is 0.265 e. The summed E-state index contributed by atoms with van der Waals surface area (Å²) in [4.78, 5) is 29.0. The predicted molar refractivity (Wildman–Crippen MR) is 134 cm³/mol. The second-order valence-corrected chi connectivity index (χ2v) is 9.06. The van der Waals surface area contributed by atoms with Gasteiger partial charge in [-0.05, 0) is 29.3 Å². The number of rotatable bonds is 9. The standard InChI is InChI=1S/C26H29N3O4S/c1-32-22-17-23(20-7-3-2-4-8-20)34-25(22)26(31)27-18-19-6-5-9-21(16-19)28-24(30)10-11-29-12-14-33-15-13-29/h2-9,16-17H,10-15,18H2,1H3,(H,27,31)(H,28,30). The summed E-state index contributed by atoms with van der Waals surface area (Å²) in [5, 5.41) is 5.92. The Bertz CT molecular complexity index is 1110. The Morgan fingerprint density at radius 2 is 1.85 bits per heavy atom. The Morgan fingerprint density at radius 3 is 2.62 bits per heavy atom. The van der Waals surface area contributed by atoms with E-state index < -0.39 is 0 Å². The predicted octanol–water partition coefficient (Wildman–Crippen LogP) is 4.01. The fourth-order valence-electron chi connectivity index (χ4n) is 3.76. The third kappa shape index (κ3) is 6.44. The van der Waals surface area contributed by atoms with Crippen LogP contribution in [0.1, 0.15) is 21.7 Å². The molecule has 8 heteroatoms. The molecule has 0 aliphatic carbocycles. The molecule has 3 aromatic rings. The van der Waals surface area contributed by atoms with Crippen molar-refractivity contribution in [3.8, 4) is 16.2 Å². The summed E-state index contributed by atoms with van der Waals surface area (Å²) in [6.07, 6.45) is 0.433. The zero-order valence-corrected chi connectivity index (χ0v) is 20.0. The average molecular weight is 480 g/mol. The first-order chi connectivity index (χ1) is 16.6. The van der Waals surface area contributed by atoms with Crippen LogP contribution >= 0.6 is 11.3 Å². The first-order valence-corrected chi connectivity index (χ1v) is 12.1. The van der Waals surface area contributed by atoms with E-state index in [4.69, 9.17) is 9.47 Å². The van der Waals surface area contributed by atoms with Crippen LogP contribution in [0, 0.1) is 0 Å². The summed E-state index contributed by atoms with van der Waals surface area (Å²) in [6.45, 7) is 4.24. The molecule has 178 valence electrons. The van der Waals surface area contributed by atoms with Crippen LogP contribution in [0.15, 0.2) is 60.7 Å². The summed E-state index contributed by atoms with van der Waals surface area (Å²) in [5.74, 6) is 0.344. The molecule has 1 aromatic heterocycles. The van der Waals surface area contributed by atoms with E-state index in [0.29, 0.717) is 23.6 Å². The van der Waals surface area contributed by atoms with E-state index >= 15 is 0 Å². The van der Waals surface area contributed by atoms with Crippen LogP contribution in [0.5, 0.6) is 5.75 Å². The molecular formula is C26H29N3O4S. The Balaban J connectivity index is 1.32. The van der Waals surface area contributed by atoms with E-state index in [1.165, 1.54) is 11.3 Å². The highest BCUT2D eigenvalue weighted by molar-refractivity contribution is 7.17. The van der Waals surface area contributed by atoms with Crippen molar-refractivity contribution in [2.45, 2.75) is 13.0 Å². The highest BCUT2D eigenvalue weighted by Gasteiger charge is 2.18. The van der Waals surface area contributed by atoms with Gasteiger partial charge in [0.25, 0.3) is 5.91 Å². The number of hydrogen-bond acceptors (Lipinski definition) is 6. The lowest BCUT2D eigenvalue weighted by atomic mass is 10.2. The lowest BCUT2D eigenvalue weighted by Crippen LogP contribution is -2.38. The Kier molecular flexibility index (Phi) is 8.30. The van der Waals surface area contributed by atoms with Crippen molar-refractivity contribution >= 4 is 28.8 Å². The molecule has 2 N–H and O–H groups in total.